The number of hydrogen-bond donors (Lipinski definition) is 1. The van der Waals surface area contributed by atoms with Crippen LogP contribution in [0.15, 0.2) is 18.2 Å². The maximum absolute atomic E-state index is 5.97. The summed E-state index contributed by atoms with van der Waals surface area (Å²) in [6.45, 7) is 4.18. The molecule has 1 saturated heterocycles. The van der Waals surface area contributed by atoms with Gasteiger partial charge in [-0.15, -0.1) is 0 Å². The second-order valence-corrected chi connectivity index (χ2v) is 5.63. The summed E-state index contributed by atoms with van der Waals surface area (Å²) in [5.41, 5.74) is 6.42. The van der Waals surface area contributed by atoms with Gasteiger partial charge in [0.1, 0.15) is 10.7 Å². The number of hydrogen-bond acceptors (Lipinski definition) is 3. The number of halogens is 1. The Morgan fingerprint density at radius 1 is 1.37 bits per heavy atom. The van der Waals surface area contributed by atoms with Gasteiger partial charge in [0.2, 0.25) is 0 Å². The molecule has 0 saturated carbocycles. The van der Waals surface area contributed by atoms with Crippen LogP contribution in [-0.2, 0) is 0 Å². The molecule has 0 amide bonds. The smallest absolute Gasteiger partial charge is 0.130 e. The first-order chi connectivity index (χ1) is 9.16. The van der Waals surface area contributed by atoms with Gasteiger partial charge < -0.3 is 15.4 Å². The van der Waals surface area contributed by atoms with Crippen LogP contribution in [0.5, 0.6) is 5.75 Å². The lowest BCUT2D eigenvalue weighted by molar-refractivity contribution is 0.263. The van der Waals surface area contributed by atoms with Crippen LogP contribution in [0.2, 0.25) is 5.02 Å². The van der Waals surface area contributed by atoms with Crippen LogP contribution < -0.4 is 10.5 Å². The van der Waals surface area contributed by atoms with E-state index in [2.05, 4.69) is 4.90 Å². The molecule has 0 atom stereocenters. The average Bonchev–Trinajstić information content (AvgIpc) is 2.87. The highest BCUT2D eigenvalue weighted by Crippen LogP contribution is 2.23. The second kappa shape index (κ2) is 7.08. The highest BCUT2D eigenvalue weighted by Gasteiger charge is 2.11. The molecule has 0 unspecified atom stereocenters. The molecule has 19 heavy (non-hydrogen) atoms. The third-order valence-electron chi connectivity index (χ3n) is 3.28. The lowest BCUT2D eigenvalue weighted by atomic mass is 10.2. The number of likely N-dealkylation sites (tertiary alicyclic amines) is 1. The Hall–Kier alpha value is -0.840. The Bertz CT molecular complexity index is 447. The molecule has 5 heteroatoms. The van der Waals surface area contributed by atoms with Gasteiger partial charge in [-0.3, -0.25) is 0 Å². The van der Waals surface area contributed by atoms with Crippen molar-refractivity contribution in [3.8, 4) is 5.75 Å². The Balaban J connectivity index is 1.84. The van der Waals surface area contributed by atoms with Gasteiger partial charge in [-0.05, 0) is 50.6 Å². The molecule has 3 nitrogen and oxygen atoms in total. The van der Waals surface area contributed by atoms with Crippen molar-refractivity contribution in [2.45, 2.75) is 19.3 Å². The maximum atomic E-state index is 5.97. The third-order valence-corrected chi connectivity index (χ3v) is 3.74. The minimum atomic E-state index is 0.339. The number of rotatable bonds is 6. The fourth-order valence-corrected chi connectivity index (χ4v) is 2.63. The molecule has 1 aromatic rings. The van der Waals surface area contributed by atoms with Crippen LogP contribution >= 0.6 is 23.8 Å². The molecule has 0 aromatic heterocycles. The van der Waals surface area contributed by atoms with Crippen LogP contribution in [0, 0.1) is 0 Å². The van der Waals surface area contributed by atoms with E-state index in [1.54, 1.807) is 18.2 Å². The van der Waals surface area contributed by atoms with Crippen molar-refractivity contribution in [3.63, 3.8) is 0 Å². The molecule has 1 aliphatic rings. The number of benzene rings is 1. The van der Waals surface area contributed by atoms with E-state index in [-0.39, 0.29) is 0 Å². The van der Waals surface area contributed by atoms with Crippen LogP contribution in [0.25, 0.3) is 0 Å². The van der Waals surface area contributed by atoms with Gasteiger partial charge in [0, 0.05) is 11.6 Å². The molecular weight excluding hydrogens is 280 g/mol. The standard InChI is InChI=1S/C14H19ClN2OS/c15-11-4-5-12(14(16)19)13(10-11)18-9-3-8-17-6-1-2-7-17/h4-5,10H,1-3,6-9H2,(H2,16,19). The second-order valence-electron chi connectivity index (χ2n) is 4.76. The van der Waals surface area contributed by atoms with E-state index in [9.17, 15) is 0 Å². The molecule has 1 heterocycles. The van der Waals surface area contributed by atoms with Crippen molar-refractivity contribution in [2.24, 2.45) is 5.73 Å². The molecule has 1 aromatic carbocycles. The molecule has 0 bridgehead atoms. The molecule has 0 radical (unpaired) electrons. The summed E-state index contributed by atoms with van der Waals surface area (Å²) in [6, 6.07) is 5.35. The van der Waals surface area contributed by atoms with Crippen molar-refractivity contribution in [3.05, 3.63) is 28.8 Å². The summed E-state index contributed by atoms with van der Waals surface area (Å²) < 4.78 is 5.76. The van der Waals surface area contributed by atoms with Gasteiger partial charge in [0.15, 0.2) is 0 Å². The summed E-state index contributed by atoms with van der Waals surface area (Å²) in [5, 5.41) is 0.634. The minimum absolute atomic E-state index is 0.339. The highest BCUT2D eigenvalue weighted by atomic mass is 35.5. The van der Waals surface area contributed by atoms with Crippen molar-refractivity contribution >= 4 is 28.8 Å². The topological polar surface area (TPSA) is 38.5 Å². The monoisotopic (exact) mass is 298 g/mol. The normalized spacial score (nSPS) is 15.6. The SMILES string of the molecule is NC(=S)c1ccc(Cl)cc1OCCCN1CCCC1. The lowest BCUT2D eigenvalue weighted by Gasteiger charge is -2.15. The first-order valence-corrected chi connectivity index (χ1v) is 7.40. The summed E-state index contributed by atoms with van der Waals surface area (Å²) in [6.07, 6.45) is 3.64. The molecule has 1 aliphatic heterocycles. The van der Waals surface area contributed by atoms with Crippen molar-refractivity contribution < 1.29 is 4.74 Å². The van der Waals surface area contributed by atoms with Gasteiger partial charge in [0.25, 0.3) is 0 Å². The Kier molecular flexibility index (Phi) is 5.43. The van der Waals surface area contributed by atoms with E-state index in [1.165, 1.54) is 25.9 Å². The number of nitrogens with two attached hydrogens (primary N) is 1. The quantitative estimate of drug-likeness (QED) is 0.647. The molecule has 2 rings (SSSR count). The Morgan fingerprint density at radius 2 is 2.11 bits per heavy atom. The zero-order valence-electron chi connectivity index (χ0n) is 10.9. The Labute approximate surface area is 124 Å². The van der Waals surface area contributed by atoms with Crippen LogP contribution in [0.1, 0.15) is 24.8 Å². The van der Waals surface area contributed by atoms with Gasteiger partial charge in [-0.25, -0.2) is 0 Å². The van der Waals surface area contributed by atoms with Gasteiger partial charge in [-0.1, -0.05) is 23.8 Å². The fourth-order valence-electron chi connectivity index (χ4n) is 2.30. The lowest BCUT2D eigenvalue weighted by Crippen LogP contribution is -2.22. The van der Waals surface area contributed by atoms with Crippen LogP contribution in [-0.4, -0.2) is 36.1 Å². The average molecular weight is 299 g/mol. The maximum Gasteiger partial charge on any atom is 0.130 e. The van der Waals surface area contributed by atoms with E-state index >= 15 is 0 Å². The molecule has 104 valence electrons. The molecule has 0 spiro atoms. The largest absolute Gasteiger partial charge is 0.493 e. The first kappa shape index (κ1) is 14.6. The van der Waals surface area contributed by atoms with Gasteiger partial charge >= 0.3 is 0 Å². The fraction of sp³-hybridized carbons (Fsp3) is 0.500. The van der Waals surface area contributed by atoms with Crippen LogP contribution in [0.3, 0.4) is 0 Å². The van der Waals surface area contributed by atoms with Gasteiger partial charge in [-0.2, -0.15) is 0 Å². The summed E-state index contributed by atoms with van der Waals surface area (Å²) in [4.78, 5) is 2.81. The summed E-state index contributed by atoms with van der Waals surface area (Å²) in [7, 11) is 0. The van der Waals surface area contributed by atoms with E-state index in [1.807, 2.05) is 0 Å². The Morgan fingerprint density at radius 3 is 2.79 bits per heavy atom. The molecular formula is C14H19ClN2OS. The van der Waals surface area contributed by atoms with Crippen molar-refractivity contribution in [2.75, 3.05) is 26.2 Å². The molecule has 0 aliphatic carbocycles. The van der Waals surface area contributed by atoms with Gasteiger partial charge in [0.05, 0.1) is 12.2 Å². The first-order valence-electron chi connectivity index (χ1n) is 6.61. The van der Waals surface area contributed by atoms with Crippen molar-refractivity contribution in [1.29, 1.82) is 0 Å². The van der Waals surface area contributed by atoms with E-state index in [0.717, 1.165) is 18.5 Å². The zero-order valence-corrected chi connectivity index (χ0v) is 12.5. The summed E-state index contributed by atoms with van der Waals surface area (Å²) in [5.74, 6) is 0.682. The molecule has 2 N–H and O–H groups in total. The van der Waals surface area contributed by atoms with E-state index in [0.29, 0.717) is 22.4 Å². The highest BCUT2D eigenvalue weighted by molar-refractivity contribution is 7.80. The molecule has 1 fully saturated rings. The minimum Gasteiger partial charge on any atom is -0.493 e. The predicted molar refractivity (Wildman–Crippen MR) is 83.1 cm³/mol. The number of ether oxygens (including phenoxy) is 1. The van der Waals surface area contributed by atoms with Crippen LogP contribution in [0.4, 0.5) is 0 Å². The number of thiocarbonyl (C=S) groups is 1. The predicted octanol–water partition coefficient (Wildman–Crippen LogP) is 2.84. The summed E-state index contributed by atoms with van der Waals surface area (Å²) >= 11 is 11.0. The number of nitrogens with zero attached hydrogens (tertiary/aromatic N) is 1. The third kappa shape index (κ3) is 4.34. The van der Waals surface area contributed by atoms with E-state index < -0.39 is 0 Å². The van der Waals surface area contributed by atoms with E-state index in [4.69, 9.17) is 34.3 Å². The van der Waals surface area contributed by atoms with Crippen molar-refractivity contribution in [1.82, 2.24) is 4.90 Å². The zero-order chi connectivity index (χ0) is 13.7.